The lowest BCUT2D eigenvalue weighted by atomic mass is 9.88. The minimum atomic E-state index is 1.21. The molecule has 0 aliphatic heterocycles. The molecule has 0 saturated heterocycles. The summed E-state index contributed by atoms with van der Waals surface area (Å²) in [6.45, 7) is 0. The van der Waals surface area contributed by atoms with Crippen molar-refractivity contribution in [3.8, 4) is 16.8 Å². The Hall–Kier alpha value is -5.14. The number of hydrogen-bond acceptors (Lipinski definition) is 0. The SMILES string of the molecule is c1cc2ccc3ccc(-c4ccc(-n5c6ccccc6c6ccccc65)c5ccccc45)c4ccc(c1)c2c34. The Morgan fingerprint density at radius 1 is 0.308 bits per heavy atom. The standard InChI is InChI=1S/C38H23N/c1-2-11-30-27(10-1)28(22-23-36(30)39-34-14-5-3-12-31(34)32-13-4-6-15-35(32)39)29-20-18-26-17-16-24-8-7-9-25-19-21-33(29)38(26)37(24)25/h1-23H. The Morgan fingerprint density at radius 3 is 1.54 bits per heavy atom. The number of fused-ring (bicyclic) bond motifs is 4. The molecule has 0 bridgehead atoms. The molecule has 0 fully saturated rings. The van der Waals surface area contributed by atoms with Gasteiger partial charge in [-0.15, -0.1) is 0 Å². The van der Waals surface area contributed by atoms with Gasteiger partial charge < -0.3 is 4.57 Å². The average Bonchev–Trinajstić information content (AvgIpc) is 3.34. The van der Waals surface area contributed by atoms with E-state index in [0.717, 1.165) is 0 Å². The first-order chi connectivity index (χ1) is 19.4. The molecule has 0 aliphatic rings. The van der Waals surface area contributed by atoms with E-state index in [1.807, 2.05) is 0 Å². The minimum absolute atomic E-state index is 1.21. The van der Waals surface area contributed by atoms with Crippen molar-refractivity contribution >= 4 is 64.9 Å². The molecule has 1 aromatic heterocycles. The number of rotatable bonds is 2. The molecule has 0 radical (unpaired) electrons. The Morgan fingerprint density at radius 2 is 0.821 bits per heavy atom. The van der Waals surface area contributed by atoms with Crippen molar-refractivity contribution in [2.45, 2.75) is 0 Å². The van der Waals surface area contributed by atoms with Crippen LogP contribution in [-0.2, 0) is 0 Å². The fraction of sp³-hybridized carbons (Fsp3) is 0. The molecule has 0 spiro atoms. The highest BCUT2D eigenvalue weighted by Crippen LogP contribution is 2.43. The summed E-state index contributed by atoms with van der Waals surface area (Å²) >= 11 is 0. The van der Waals surface area contributed by atoms with Crippen LogP contribution in [0.2, 0.25) is 0 Å². The smallest absolute Gasteiger partial charge is 0.0541 e. The second-order valence-corrected chi connectivity index (χ2v) is 10.5. The monoisotopic (exact) mass is 493 g/mol. The van der Waals surface area contributed by atoms with E-state index in [9.17, 15) is 0 Å². The summed E-state index contributed by atoms with van der Waals surface area (Å²) in [6, 6.07) is 51.3. The lowest BCUT2D eigenvalue weighted by molar-refractivity contribution is 1.20. The van der Waals surface area contributed by atoms with Crippen molar-refractivity contribution in [3.05, 3.63) is 140 Å². The third-order valence-corrected chi connectivity index (χ3v) is 8.54. The van der Waals surface area contributed by atoms with Gasteiger partial charge in [0.2, 0.25) is 0 Å². The van der Waals surface area contributed by atoms with Gasteiger partial charge in [-0.25, -0.2) is 0 Å². The summed E-state index contributed by atoms with van der Waals surface area (Å²) in [7, 11) is 0. The van der Waals surface area contributed by atoms with Gasteiger partial charge in [-0.1, -0.05) is 121 Å². The Balaban J connectivity index is 1.38. The highest BCUT2D eigenvalue weighted by atomic mass is 15.0. The van der Waals surface area contributed by atoms with Gasteiger partial charge in [-0.3, -0.25) is 0 Å². The molecule has 0 saturated carbocycles. The third-order valence-electron chi connectivity index (χ3n) is 8.54. The molecular formula is C38H23N. The van der Waals surface area contributed by atoms with Crippen LogP contribution in [0, 0.1) is 0 Å². The number of hydrogen-bond donors (Lipinski definition) is 0. The first kappa shape index (κ1) is 20.9. The zero-order valence-electron chi connectivity index (χ0n) is 21.2. The number of aromatic nitrogens is 1. The molecule has 1 nitrogen and oxygen atoms in total. The van der Waals surface area contributed by atoms with Crippen LogP contribution in [0.1, 0.15) is 0 Å². The van der Waals surface area contributed by atoms with E-state index in [4.69, 9.17) is 0 Å². The van der Waals surface area contributed by atoms with Gasteiger partial charge in [-0.05, 0) is 67.0 Å². The first-order valence-corrected chi connectivity index (χ1v) is 13.5. The van der Waals surface area contributed by atoms with Crippen LogP contribution in [0.15, 0.2) is 140 Å². The van der Waals surface area contributed by atoms with Gasteiger partial charge in [0.15, 0.2) is 0 Å². The van der Waals surface area contributed by atoms with Crippen molar-refractivity contribution in [1.29, 1.82) is 0 Å². The van der Waals surface area contributed by atoms with E-state index < -0.39 is 0 Å². The van der Waals surface area contributed by atoms with Crippen LogP contribution < -0.4 is 0 Å². The lowest BCUT2D eigenvalue weighted by Gasteiger charge is -2.17. The maximum absolute atomic E-state index is 2.43. The predicted octanol–water partition coefficient (Wildman–Crippen LogP) is 10.5. The molecule has 0 N–H and O–H groups in total. The highest BCUT2D eigenvalue weighted by molar-refractivity contribution is 6.26. The molecular weight excluding hydrogens is 470 g/mol. The summed E-state index contributed by atoms with van der Waals surface area (Å²) in [5.41, 5.74) is 6.24. The zero-order chi connectivity index (χ0) is 25.5. The first-order valence-electron chi connectivity index (χ1n) is 13.5. The van der Waals surface area contributed by atoms with Crippen LogP contribution in [-0.4, -0.2) is 4.57 Å². The fourth-order valence-electron chi connectivity index (χ4n) is 6.87. The van der Waals surface area contributed by atoms with Crippen LogP contribution in [0.25, 0.3) is 81.7 Å². The molecule has 0 atom stereocenters. The van der Waals surface area contributed by atoms with Crippen molar-refractivity contribution in [3.63, 3.8) is 0 Å². The highest BCUT2D eigenvalue weighted by Gasteiger charge is 2.17. The molecule has 0 aliphatic carbocycles. The van der Waals surface area contributed by atoms with Crippen LogP contribution >= 0.6 is 0 Å². The summed E-state index contributed by atoms with van der Waals surface area (Å²) in [6.07, 6.45) is 0. The van der Waals surface area contributed by atoms with E-state index in [-0.39, 0.29) is 0 Å². The summed E-state index contributed by atoms with van der Waals surface area (Å²) in [4.78, 5) is 0. The molecule has 8 aromatic carbocycles. The second-order valence-electron chi connectivity index (χ2n) is 10.5. The second kappa shape index (κ2) is 7.69. The third kappa shape index (κ3) is 2.79. The summed E-state index contributed by atoms with van der Waals surface area (Å²) in [5, 5.41) is 13.0. The van der Waals surface area contributed by atoms with E-state index >= 15 is 0 Å². The number of para-hydroxylation sites is 2. The molecule has 0 amide bonds. The van der Waals surface area contributed by atoms with Crippen LogP contribution in [0.5, 0.6) is 0 Å². The number of nitrogens with zero attached hydrogens (tertiary/aromatic N) is 1. The van der Waals surface area contributed by atoms with Crippen molar-refractivity contribution in [1.82, 2.24) is 4.57 Å². The largest absolute Gasteiger partial charge is 0.309 e. The molecule has 1 heterocycles. The maximum atomic E-state index is 2.43. The minimum Gasteiger partial charge on any atom is -0.309 e. The van der Waals surface area contributed by atoms with Crippen LogP contribution in [0.3, 0.4) is 0 Å². The summed E-state index contributed by atoms with van der Waals surface area (Å²) < 4.78 is 2.43. The molecule has 1 heteroatoms. The fourth-order valence-corrected chi connectivity index (χ4v) is 6.87. The molecule has 9 aromatic rings. The lowest BCUT2D eigenvalue weighted by Crippen LogP contribution is -1.96. The van der Waals surface area contributed by atoms with Crippen molar-refractivity contribution < 1.29 is 0 Å². The summed E-state index contributed by atoms with van der Waals surface area (Å²) in [5.74, 6) is 0. The Bertz CT molecular complexity index is 2320. The van der Waals surface area contributed by atoms with Crippen molar-refractivity contribution in [2.75, 3.05) is 0 Å². The molecule has 0 unspecified atom stereocenters. The molecule has 9 rings (SSSR count). The van der Waals surface area contributed by atoms with Gasteiger partial charge in [0.1, 0.15) is 0 Å². The Labute approximate surface area is 225 Å². The van der Waals surface area contributed by atoms with E-state index in [1.165, 1.54) is 81.7 Å². The predicted molar refractivity (Wildman–Crippen MR) is 167 cm³/mol. The zero-order valence-corrected chi connectivity index (χ0v) is 21.2. The normalized spacial score (nSPS) is 12.1. The van der Waals surface area contributed by atoms with Gasteiger partial charge in [0, 0.05) is 16.2 Å². The van der Waals surface area contributed by atoms with Gasteiger partial charge in [-0.2, -0.15) is 0 Å². The van der Waals surface area contributed by atoms with Crippen molar-refractivity contribution in [2.24, 2.45) is 0 Å². The van der Waals surface area contributed by atoms with E-state index in [1.54, 1.807) is 0 Å². The maximum Gasteiger partial charge on any atom is 0.0541 e. The van der Waals surface area contributed by atoms with Gasteiger partial charge >= 0.3 is 0 Å². The average molecular weight is 494 g/mol. The van der Waals surface area contributed by atoms with Gasteiger partial charge in [0.25, 0.3) is 0 Å². The molecule has 39 heavy (non-hydrogen) atoms. The van der Waals surface area contributed by atoms with Crippen LogP contribution in [0.4, 0.5) is 0 Å². The quantitative estimate of drug-likeness (QED) is 0.211. The Kier molecular flexibility index (Phi) is 4.11. The van der Waals surface area contributed by atoms with E-state index in [0.29, 0.717) is 0 Å². The molecule has 180 valence electrons. The number of benzene rings is 8. The topological polar surface area (TPSA) is 4.93 Å². The van der Waals surface area contributed by atoms with E-state index in [2.05, 4.69) is 144 Å². The van der Waals surface area contributed by atoms with Gasteiger partial charge in [0.05, 0.1) is 16.7 Å².